The Morgan fingerprint density at radius 2 is 1.33 bits per heavy atom. The van der Waals surface area contributed by atoms with Gasteiger partial charge < -0.3 is 13.0 Å². The van der Waals surface area contributed by atoms with Crippen LogP contribution in [0.15, 0.2) is 0 Å². The highest BCUT2D eigenvalue weighted by Crippen LogP contribution is 2.19. The molecule has 0 rings (SSSR count). The van der Waals surface area contributed by atoms with Crippen molar-refractivity contribution in [2.75, 3.05) is 26.7 Å². The first-order valence-corrected chi connectivity index (χ1v) is 15.4. The van der Waals surface area contributed by atoms with Crippen LogP contribution < -0.4 is 0 Å². The molecule has 0 aliphatic rings. The summed E-state index contributed by atoms with van der Waals surface area (Å²) in [6, 6.07) is 0. The second-order valence-electron chi connectivity index (χ2n) is 5.86. The maximum atomic E-state index is 3.03. The van der Waals surface area contributed by atoms with Crippen molar-refractivity contribution < 1.29 is 0 Å². The van der Waals surface area contributed by atoms with Crippen LogP contribution in [-0.2, 0) is 0 Å². The lowest BCUT2D eigenvalue weighted by atomic mass is 10.7. The molecule has 0 aromatic heterocycles. The highest BCUT2D eigenvalue weighted by molar-refractivity contribution is 6.91. The maximum Gasteiger partial charge on any atom is 0.187 e. The molecule has 0 N–H and O–H groups in total. The summed E-state index contributed by atoms with van der Waals surface area (Å²) < 4.78 is 8.39. The van der Waals surface area contributed by atoms with Crippen molar-refractivity contribution in [3.05, 3.63) is 0 Å². The van der Waals surface area contributed by atoms with E-state index in [0.717, 1.165) is 0 Å². The second kappa shape index (κ2) is 7.96. The molecular weight excluding hydrogens is 270 g/mol. The van der Waals surface area contributed by atoms with Crippen molar-refractivity contribution in [3.63, 3.8) is 0 Å². The molecule has 0 saturated heterocycles. The van der Waals surface area contributed by atoms with Crippen molar-refractivity contribution >= 4 is 26.5 Å². The fraction of sp³-hybridized carbons (Fsp3) is 1.00. The third-order valence-corrected chi connectivity index (χ3v) is 21.0. The number of nitrogens with zero attached hydrogens (tertiary/aromatic N) is 3. The third kappa shape index (κ3) is 4.28. The standard InChI is InChI=1S/C12H35N3Si3/c1-10-13(4)18(8,9)15(16(5)6)17(7)14(11-2)12-3/h16-17H,10-12H2,1-9H3. The van der Waals surface area contributed by atoms with Gasteiger partial charge in [0.15, 0.2) is 17.5 Å². The SMILES string of the molecule is CCN(CC)[SiH](C)N([SiH](C)C)[Si](C)(C)N(C)CC. The largest absolute Gasteiger partial charge is 0.349 e. The molecule has 1 unspecified atom stereocenters. The Morgan fingerprint density at radius 3 is 1.61 bits per heavy atom. The predicted molar refractivity (Wildman–Crippen MR) is 92.4 cm³/mol. The molecule has 1 atom stereocenters. The van der Waals surface area contributed by atoms with Gasteiger partial charge in [-0.3, -0.25) is 0 Å². The Kier molecular flexibility index (Phi) is 8.20. The lowest BCUT2D eigenvalue weighted by Gasteiger charge is -2.50. The molecular formula is C12H35N3Si3. The van der Waals surface area contributed by atoms with Crippen LogP contribution in [0, 0.1) is 0 Å². The normalized spacial score (nSPS) is 15.2. The van der Waals surface area contributed by atoms with E-state index in [1.807, 2.05) is 0 Å². The third-order valence-electron chi connectivity index (χ3n) is 4.34. The molecule has 110 valence electrons. The zero-order chi connectivity index (χ0) is 14.5. The lowest BCUT2D eigenvalue weighted by Crippen LogP contribution is -2.71. The fourth-order valence-corrected chi connectivity index (χ4v) is 20.0. The Bertz CT molecular complexity index is 233. The minimum atomic E-state index is -1.41. The van der Waals surface area contributed by atoms with E-state index in [-0.39, 0.29) is 0 Å². The lowest BCUT2D eigenvalue weighted by molar-refractivity contribution is 0.446. The quantitative estimate of drug-likeness (QED) is 0.636. The summed E-state index contributed by atoms with van der Waals surface area (Å²) in [5.74, 6) is 0. The van der Waals surface area contributed by atoms with Crippen LogP contribution in [0.2, 0.25) is 32.7 Å². The van der Waals surface area contributed by atoms with Crippen LogP contribution >= 0.6 is 0 Å². The van der Waals surface area contributed by atoms with Gasteiger partial charge in [0, 0.05) is 0 Å². The topological polar surface area (TPSA) is 9.72 Å². The van der Waals surface area contributed by atoms with Gasteiger partial charge in [0.25, 0.3) is 0 Å². The molecule has 0 bridgehead atoms. The van der Waals surface area contributed by atoms with Crippen LogP contribution in [0.4, 0.5) is 0 Å². The van der Waals surface area contributed by atoms with Gasteiger partial charge in [0.1, 0.15) is 0 Å². The van der Waals surface area contributed by atoms with Crippen LogP contribution in [0.1, 0.15) is 20.8 Å². The Labute approximate surface area is 120 Å². The summed E-state index contributed by atoms with van der Waals surface area (Å²) in [7, 11) is -0.776. The van der Waals surface area contributed by atoms with Crippen molar-refractivity contribution in [1.29, 1.82) is 0 Å². The molecule has 0 aliphatic carbocycles. The smallest absolute Gasteiger partial charge is 0.187 e. The first-order chi connectivity index (χ1) is 8.23. The van der Waals surface area contributed by atoms with Gasteiger partial charge in [-0.2, -0.15) is 0 Å². The molecule has 6 heteroatoms. The van der Waals surface area contributed by atoms with E-state index in [0.29, 0.717) is 0 Å². The van der Waals surface area contributed by atoms with Crippen molar-refractivity contribution in [1.82, 2.24) is 13.0 Å². The Hall–Kier alpha value is 0.531. The summed E-state index contributed by atoms with van der Waals surface area (Å²) in [6.45, 7) is 23.1. The van der Waals surface area contributed by atoms with Gasteiger partial charge in [-0.05, 0) is 46.3 Å². The number of hydrogen-bond acceptors (Lipinski definition) is 3. The van der Waals surface area contributed by atoms with E-state index in [1.54, 1.807) is 0 Å². The molecule has 0 aromatic rings. The molecule has 0 aromatic carbocycles. The predicted octanol–water partition coefficient (Wildman–Crippen LogP) is 2.12. The second-order valence-corrected chi connectivity index (χ2v) is 17.1. The van der Waals surface area contributed by atoms with Gasteiger partial charge in [-0.15, -0.1) is 0 Å². The van der Waals surface area contributed by atoms with E-state index in [4.69, 9.17) is 0 Å². The van der Waals surface area contributed by atoms with Gasteiger partial charge >= 0.3 is 0 Å². The molecule has 0 aliphatic heterocycles. The van der Waals surface area contributed by atoms with Crippen molar-refractivity contribution in [3.8, 4) is 0 Å². The van der Waals surface area contributed by atoms with E-state index < -0.39 is 26.5 Å². The first kappa shape index (κ1) is 18.5. The minimum Gasteiger partial charge on any atom is -0.349 e. The van der Waals surface area contributed by atoms with E-state index >= 15 is 0 Å². The number of rotatable bonds is 8. The van der Waals surface area contributed by atoms with E-state index in [2.05, 4.69) is 73.6 Å². The summed E-state index contributed by atoms with van der Waals surface area (Å²) >= 11 is 0. The van der Waals surface area contributed by atoms with E-state index in [9.17, 15) is 0 Å². The van der Waals surface area contributed by atoms with Crippen LogP contribution in [0.3, 0.4) is 0 Å². The molecule has 0 radical (unpaired) electrons. The minimum absolute atomic E-state index is 0.749. The molecule has 0 amide bonds. The summed E-state index contributed by atoms with van der Waals surface area (Å²) in [5, 5.41) is 0. The van der Waals surface area contributed by atoms with Crippen LogP contribution in [0.25, 0.3) is 0 Å². The molecule has 0 fully saturated rings. The highest BCUT2D eigenvalue weighted by atomic mass is 28.4. The average Bonchev–Trinajstić information content (AvgIpc) is 2.28. The zero-order valence-corrected chi connectivity index (χ0v) is 17.4. The molecule has 0 heterocycles. The zero-order valence-electron chi connectivity index (χ0n) is 14.1. The van der Waals surface area contributed by atoms with Gasteiger partial charge in [-0.1, -0.05) is 33.9 Å². The fourth-order valence-electron chi connectivity index (χ4n) is 3.03. The summed E-state index contributed by atoms with van der Waals surface area (Å²) in [5.41, 5.74) is 0. The van der Waals surface area contributed by atoms with E-state index in [1.165, 1.54) is 19.6 Å². The first-order valence-electron chi connectivity index (χ1n) is 7.47. The van der Waals surface area contributed by atoms with Crippen molar-refractivity contribution in [2.24, 2.45) is 0 Å². The number of hydrogen-bond donors (Lipinski definition) is 0. The molecule has 3 nitrogen and oxygen atoms in total. The van der Waals surface area contributed by atoms with Gasteiger partial charge in [-0.25, -0.2) is 0 Å². The van der Waals surface area contributed by atoms with Gasteiger partial charge in [0.2, 0.25) is 0 Å². The molecule has 0 saturated carbocycles. The van der Waals surface area contributed by atoms with Crippen LogP contribution in [-0.4, -0.2) is 66.2 Å². The monoisotopic (exact) mass is 305 g/mol. The van der Waals surface area contributed by atoms with Gasteiger partial charge in [0.05, 0.1) is 8.96 Å². The molecule has 18 heavy (non-hydrogen) atoms. The Morgan fingerprint density at radius 1 is 0.889 bits per heavy atom. The van der Waals surface area contributed by atoms with Crippen LogP contribution in [0.5, 0.6) is 0 Å². The highest BCUT2D eigenvalue weighted by Gasteiger charge is 2.39. The Balaban J connectivity index is 5.18. The summed E-state index contributed by atoms with van der Waals surface area (Å²) in [4.78, 5) is 0. The van der Waals surface area contributed by atoms with Crippen molar-refractivity contribution in [2.45, 2.75) is 53.5 Å². The molecule has 0 spiro atoms. The summed E-state index contributed by atoms with van der Waals surface area (Å²) in [6.07, 6.45) is 0. The average molecular weight is 306 g/mol. The maximum absolute atomic E-state index is 3.03.